The minimum Gasteiger partial charge on any atom is -0.484 e. The summed E-state index contributed by atoms with van der Waals surface area (Å²) in [5, 5.41) is 5.53. The number of carbonyl (C=O) groups excluding carboxylic acids is 3. The SMILES string of the molecule is CC(=O)CCc1ccc(OCC(=O)NCc2ccc(NC(=O)c3ccco3)cc2)cc1. The molecule has 2 N–H and O–H groups in total. The average molecular weight is 420 g/mol. The summed E-state index contributed by atoms with van der Waals surface area (Å²) >= 11 is 0. The lowest BCUT2D eigenvalue weighted by Crippen LogP contribution is -2.28. The Labute approximate surface area is 180 Å². The Kier molecular flexibility index (Phi) is 7.59. The van der Waals surface area contributed by atoms with E-state index in [9.17, 15) is 14.4 Å². The average Bonchev–Trinajstić information content (AvgIpc) is 3.32. The highest BCUT2D eigenvalue weighted by molar-refractivity contribution is 6.02. The minimum atomic E-state index is -0.324. The number of hydrogen-bond donors (Lipinski definition) is 2. The van der Waals surface area contributed by atoms with Gasteiger partial charge in [-0.25, -0.2) is 0 Å². The highest BCUT2D eigenvalue weighted by Crippen LogP contribution is 2.14. The molecule has 0 aliphatic carbocycles. The quantitative estimate of drug-likeness (QED) is 0.521. The molecule has 3 rings (SSSR count). The maximum Gasteiger partial charge on any atom is 0.291 e. The van der Waals surface area contributed by atoms with Crippen LogP contribution in [0, 0.1) is 0 Å². The van der Waals surface area contributed by atoms with Gasteiger partial charge in [0.2, 0.25) is 0 Å². The molecule has 7 heteroatoms. The smallest absolute Gasteiger partial charge is 0.291 e. The van der Waals surface area contributed by atoms with Gasteiger partial charge in [0.1, 0.15) is 11.5 Å². The molecule has 0 saturated heterocycles. The highest BCUT2D eigenvalue weighted by Gasteiger charge is 2.09. The fourth-order valence-corrected chi connectivity index (χ4v) is 2.78. The zero-order chi connectivity index (χ0) is 22.1. The van der Waals surface area contributed by atoms with Gasteiger partial charge >= 0.3 is 0 Å². The van der Waals surface area contributed by atoms with Crippen molar-refractivity contribution in [2.24, 2.45) is 0 Å². The molecule has 3 aromatic rings. The summed E-state index contributed by atoms with van der Waals surface area (Å²) in [7, 11) is 0. The van der Waals surface area contributed by atoms with E-state index in [1.54, 1.807) is 43.3 Å². The summed E-state index contributed by atoms with van der Waals surface area (Å²) in [6.07, 6.45) is 2.65. The van der Waals surface area contributed by atoms with E-state index in [4.69, 9.17) is 9.15 Å². The lowest BCUT2D eigenvalue weighted by atomic mass is 10.1. The normalized spacial score (nSPS) is 10.4. The van der Waals surface area contributed by atoms with Crippen LogP contribution in [-0.4, -0.2) is 24.2 Å². The number of carbonyl (C=O) groups is 3. The van der Waals surface area contributed by atoms with E-state index < -0.39 is 0 Å². The van der Waals surface area contributed by atoms with Gasteiger partial charge in [0.05, 0.1) is 6.26 Å². The molecule has 0 saturated carbocycles. The topological polar surface area (TPSA) is 97.6 Å². The Morgan fingerprint density at radius 2 is 1.65 bits per heavy atom. The molecular weight excluding hydrogens is 396 g/mol. The van der Waals surface area contributed by atoms with E-state index in [1.165, 1.54) is 6.26 Å². The van der Waals surface area contributed by atoms with Crippen LogP contribution in [0.1, 0.15) is 35.0 Å². The second kappa shape index (κ2) is 10.8. The van der Waals surface area contributed by atoms with Crippen molar-refractivity contribution in [2.75, 3.05) is 11.9 Å². The molecule has 0 atom stereocenters. The predicted octanol–water partition coefficient (Wildman–Crippen LogP) is 3.75. The number of nitrogens with one attached hydrogen (secondary N) is 2. The number of furan rings is 1. The summed E-state index contributed by atoms with van der Waals surface area (Å²) in [5.74, 6) is 0.427. The lowest BCUT2D eigenvalue weighted by molar-refractivity contribution is -0.123. The number of anilines is 1. The fraction of sp³-hybridized carbons (Fsp3) is 0.208. The summed E-state index contributed by atoms with van der Waals surface area (Å²) in [5.41, 5.74) is 2.57. The number of hydrogen-bond acceptors (Lipinski definition) is 5. The number of ether oxygens (including phenoxy) is 1. The number of Topliss-reactive ketones (excluding diaryl/α,β-unsaturated/α-hetero) is 1. The Hall–Kier alpha value is -3.87. The molecule has 2 amide bonds. The molecule has 2 aromatic carbocycles. The van der Waals surface area contributed by atoms with E-state index in [2.05, 4.69) is 10.6 Å². The second-order valence-corrected chi connectivity index (χ2v) is 7.04. The second-order valence-electron chi connectivity index (χ2n) is 7.04. The molecule has 0 fully saturated rings. The van der Waals surface area contributed by atoms with Crippen LogP contribution in [0.2, 0.25) is 0 Å². The summed E-state index contributed by atoms with van der Waals surface area (Å²) in [4.78, 5) is 35.0. The van der Waals surface area contributed by atoms with E-state index in [0.717, 1.165) is 11.1 Å². The predicted molar refractivity (Wildman–Crippen MR) is 116 cm³/mol. The van der Waals surface area contributed by atoms with E-state index >= 15 is 0 Å². The molecule has 0 spiro atoms. The maximum absolute atomic E-state index is 12.0. The molecule has 160 valence electrons. The van der Waals surface area contributed by atoms with Crippen LogP contribution in [-0.2, 0) is 22.6 Å². The van der Waals surface area contributed by atoms with Gasteiger partial charge in [0.25, 0.3) is 11.8 Å². The molecule has 0 unspecified atom stereocenters. The Balaban J connectivity index is 1.39. The number of rotatable bonds is 10. The minimum absolute atomic E-state index is 0.0932. The molecule has 0 radical (unpaired) electrons. The van der Waals surface area contributed by atoms with Crippen LogP contribution < -0.4 is 15.4 Å². The Bertz CT molecular complexity index is 1010. The van der Waals surface area contributed by atoms with Crippen molar-refractivity contribution >= 4 is 23.3 Å². The Morgan fingerprint density at radius 3 is 2.29 bits per heavy atom. The van der Waals surface area contributed by atoms with Gasteiger partial charge in [-0.15, -0.1) is 0 Å². The summed E-state index contributed by atoms with van der Waals surface area (Å²) < 4.78 is 10.6. The number of ketones is 1. The van der Waals surface area contributed by atoms with Gasteiger partial charge in [-0.1, -0.05) is 24.3 Å². The van der Waals surface area contributed by atoms with Gasteiger partial charge in [0, 0.05) is 18.7 Å². The van der Waals surface area contributed by atoms with Gasteiger partial charge in [0.15, 0.2) is 12.4 Å². The van der Waals surface area contributed by atoms with Crippen molar-refractivity contribution in [3.63, 3.8) is 0 Å². The summed E-state index contributed by atoms with van der Waals surface area (Å²) in [6.45, 7) is 1.83. The summed E-state index contributed by atoms with van der Waals surface area (Å²) in [6, 6.07) is 17.7. The molecular formula is C24H24N2O5. The van der Waals surface area contributed by atoms with E-state index in [1.807, 2.05) is 24.3 Å². The Morgan fingerprint density at radius 1 is 0.935 bits per heavy atom. The van der Waals surface area contributed by atoms with Crippen molar-refractivity contribution in [1.29, 1.82) is 0 Å². The zero-order valence-corrected chi connectivity index (χ0v) is 17.2. The molecule has 1 aromatic heterocycles. The monoisotopic (exact) mass is 420 g/mol. The molecule has 7 nitrogen and oxygen atoms in total. The molecule has 0 bridgehead atoms. The van der Waals surface area contributed by atoms with Gasteiger partial charge in [-0.2, -0.15) is 0 Å². The van der Waals surface area contributed by atoms with Crippen molar-refractivity contribution in [1.82, 2.24) is 5.32 Å². The van der Waals surface area contributed by atoms with Gasteiger partial charge < -0.3 is 24.6 Å². The fourth-order valence-electron chi connectivity index (χ4n) is 2.78. The van der Waals surface area contributed by atoms with Crippen molar-refractivity contribution in [2.45, 2.75) is 26.3 Å². The highest BCUT2D eigenvalue weighted by atomic mass is 16.5. The van der Waals surface area contributed by atoms with Crippen LogP contribution >= 0.6 is 0 Å². The molecule has 1 heterocycles. The van der Waals surface area contributed by atoms with Crippen molar-refractivity contribution in [3.05, 3.63) is 83.8 Å². The number of aryl methyl sites for hydroxylation is 1. The van der Waals surface area contributed by atoms with Gasteiger partial charge in [-0.05, 0) is 60.9 Å². The molecule has 0 aliphatic heterocycles. The largest absolute Gasteiger partial charge is 0.484 e. The van der Waals surface area contributed by atoms with Crippen molar-refractivity contribution in [3.8, 4) is 5.75 Å². The number of amides is 2. The van der Waals surface area contributed by atoms with Crippen LogP contribution in [0.5, 0.6) is 5.75 Å². The lowest BCUT2D eigenvalue weighted by Gasteiger charge is -2.09. The third-order valence-corrected chi connectivity index (χ3v) is 4.51. The third kappa shape index (κ3) is 7.15. The van der Waals surface area contributed by atoms with Gasteiger partial charge in [-0.3, -0.25) is 9.59 Å². The number of benzene rings is 2. The first-order valence-corrected chi connectivity index (χ1v) is 9.91. The van der Waals surface area contributed by atoms with Crippen LogP contribution in [0.3, 0.4) is 0 Å². The van der Waals surface area contributed by atoms with Crippen LogP contribution in [0.25, 0.3) is 0 Å². The van der Waals surface area contributed by atoms with Crippen LogP contribution in [0.15, 0.2) is 71.3 Å². The van der Waals surface area contributed by atoms with Crippen molar-refractivity contribution < 1.29 is 23.5 Å². The zero-order valence-electron chi connectivity index (χ0n) is 17.2. The standard InChI is InChI=1S/C24H24N2O5/c1-17(27)4-5-18-8-12-21(13-9-18)31-16-23(28)25-15-19-6-10-20(11-7-19)26-24(29)22-3-2-14-30-22/h2-3,6-14H,4-5,15-16H2,1H3,(H,25,28)(H,26,29). The maximum atomic E-state index is 12.0. The first kappa shape index (κ1) is 21.8. The molecule has 31 heavy (non-hydrogen) atoms. The van der Waals surface area contributed by atoms with E-state index in [-0.39, 0.29) is 30.0 Å². The third-order valence-electron chi connectivity index (χ3n) is 4.51. The molecule has 0 aliphatic rings. The first-order chi connectivity index (χ1) is 15.0. The van der Waals surface area contributed by atoms with Crippen LogP contribution in [0.4, 0.5) is 5.69 Å². The van der Waals surface area contributed by atoms with E-state index in [0.29, 0.717) is 30.8 Å². The first-order valence-electron chi connectivity index (χ1n) is 9.91.